The first-order valence-electron chi connectivity index (χ1n) is 5.64. The first-order chi connectivity index (χ1) is 8.45. The van der Waals surface area contributed by atoms with E-state index in [1.54, 1.807) is 13.8 Å². The summed E-state index contributed by atoms with van der Waals surface area (Å²) in [5, 5.41) is 16.4. The van der Waals surface area contributed by atoms with Crippen molar-refractivity contribution in [2.45, 2.75) is 26.8 Å². The number of nitrogens with one attached hydrogen (secondary N) is 2. The van der Waals surface area contributed by atoms with Gasteiger partial charge in [0.1, 0.15) is 17.6 Å². The summed E-state index contributed by atoms with van der Waals surface area (Å²) >= 11 is 0. The minimum Gasteiger partial charge on any atom is -0.370 e. The smallest absolute Gasteiger partial charge is 0.300 e. The zero-order chi connectivity index (χ0) is 13.7. The van der Waals surface area contributed by atoms with Gasteiger partial charge in [-0.05, 0) is 20.8 Å². The molecular weight excluding hydrogens is 236 g/mol. The van der Waals surface area contributed by atoms with Gasteiger partial charge < -0.3 is 10.6 Å². The summed E-state index contributed by atoms with van der Waals surface area (Å²) < 4.78 is 0. The summed E-state index contributed by atoms with van der Waals surface area (Å²) in [7, 11) is 0. The predicted octanol–water partition coefficient (Wildman–Crippen LogP) is 1.56. The number of pyridine rings is 1. The molecule has 7 heteroatoms. The number of hydrogen-bond donors (Lipinski definition) is 2. The van der Waals surface area contributed by atoms with E-state index in [9.17, 15) is 14.9 Å². The van der Waals surface area contributed by atoms with Crippen molar-refractivity contribution in [3.05, 3.63) is 27.9 Å². The number of rotatable bonds is 5. The third-order valence-corrected chi connectivity index (χ3v) is 2.10. The summed E-state index contributed by atoms with van der Waals surface area (Å²) in [5.74, 6) is -0.0322. The number of nitro groups is 1. The Morgan fingerprint density at radius 2 is 2.22 bits per heavy atom. The Morgan fingerprint density at radius 3 is 2.72 bits per heavy atom. The Hall–Kier alpha value is -2.18. The summed E-state index contributed by atoms with van der Waals surface area (Å²) in [6, 6.07) is 1.30. The van der Waals surface area contributed by atoms with Crippen LogP contribution in [-0.2, 0) is 0 Å². The fraction of sp³-hybridized carbons (Fsp3) is 0.455. The van der Waals surface area contributed by atoms with Crippen molar-refractivity contribution in [2.75, 3.05) is 11.9 Å². The zero-order valence-electron chi connectivity index (χ0n) is 10.6. The van der Waals surface area contributed by atoms with Gasteiger partial charge in [-0.25, -0.2) is 4.98 Å². The topological polar surface area (TPSA) is 97.2 Å². The minimum absolute atomic E-state index is 0.0136. The Morgan fingerprint density at radius 1 is 1.56 bits per heavy atom. The van der Waals surface area contributed by atoms with Gasteiger partial charge in [0.25, 0.3) is 11.6 Å². The summed E-state index contributed by atoms with van der Waals surface area (Å²) in [5.41, 5.74) is -0.283. The van der Waals surface area contributed by atoms with Gasteiger partial charge >= 0.3 is 0 Å². The van der Waals surface area contributed by atoms with Gasteiger partial charge in [0.05, 0.1) is 4.92 Å². The molecule has 0 aliphatic rings. The molecule has 98 valence electrons. The van der Waals surface area contributed by atoms with Gasteiger partial charge in [-0.3, -0.25) is 14.9 Å². The van der Waals surface area contributed by atoms with Crippen molar-refractivity contribution in [1.82, 2.24) is 10.3 Å². The van der Waals surface area contributed by atoms with Crippen LogP contribution >= 0.6 is 0 Å². The highest BCUT2D eigenvalue weighted by molar-refractivity contribution is 5.98. The van der Waals surface area contributed by atoms with Crippen molar-refractivity contribution in [1.29, 1.82) is 0 Å². The lowest BCUT2D eigenvalue weighted by atomic mass is 10.2. The normalized spacial score (nSPS) is 10.2. The van der Waals surface area contributed by atoms with E-state index < -0.39 is 10.8 Å². The minimum atomic E-state index is -0.613. The van der Waals surface area contributed by atoms with Crippen molar-refractivity contribution < 1.29 is 9.72 Å². The first kappa shape index (κ1) is 13.9. The molecule has 0 saturated carbocycles. The largest absolute Gasteiger partial charge is 0.370 e. The van der Waals surface area contributed by atoms with Gasteiger partial charge in [-0.2, -0.15) is 0 Å². The second-order valence-electron chi connectivity index (χ2n) is 4.00. The van der Waals surface area contributed by atoms with Crippen LogP contribution in [0.15, 0.2) is 12.3 Å². The first-order valence-corrected chi connectivity index (χ1v) is 5.64. The van der Waals surface area contributed by atoms with Gasteiger partial charge in [0.15, 0.2) is 0 Å². The van der Waals surface area contributed by atoms with E-state index in [2.05, 4.69) is 15.6 Å². The van der Waals surface area contributed by atoms with Crippen LogP contribution < -0.4 is 10.6 Å². The fourth-order valence-corrected chi connectivity index (χ4v) is 1.39. The van der Waals surface area contributed by atoms with Crippen LogP contribution in [0.25, 0.3) is 0 Å². The Kier molecular flexibility index (Phi) is 4.59. The van der Waals surface area contributed by atoms with E-state index in [4.69, 9.17) is 0 Å². The third kappa shape index (κ3) is 3.41. The SMILES string of the molecule is CCNc1cc(C(=O)NC(C)C)c([N+](=O)[O-])cn1. The lowest BCUT2D eigenvalue weighted by molar-refractivity contribution is -0.385. The molecule has 0 aliphatic carbocycles. The average molecular weight is 252 g/mol. The lowest BCUT2D eigenvalue weighted by Gasteiger charge is -2.09. The number of aromatic nitrogens is 1. The maximum Gasteiger partial charge on any atom is 0.300 e. The van der Waals surface area contributed by atoms with Crippen LogP contribution in [0.3, 0.4) is 0 Å². The highest BCUT2D eigenvalue weighted by atomic mass is 16.6. The molecule has 7 nitrogen and oxygen atoms in total. The van der Waals surface area contributed by atoms with Crippen molar-refractivity contribution >= 4 is 17.4 Å². The molecule has 1 amide bonds. The molecule has 1 aromatic heterocycles. The third-order valence-electron chi connectivity index (χ3n) is 2.10. The van der Waals surface area contributed by atoms with Gasteiger partial charge in [0, 0.05) is 18.7 Å². The number of hydrogen-bond acceptors (Lipinski definition) is 5. The van der Waals surface area contributed by atoms with Crippen molar-refractivity contribution in [2.24, 2.45) is 0 Å². The van der Waals surface area contributed by atoms with E-state index in [0.29, 0.717) is 12.4 Å². The predicted molar refractivity (Wildman–Crippen MR) is 67.7 cm³/mol. The fourth-order valence-electron chi connectivity index (χ4n) is 1.39. The Bertz CT molecular complexity index is 460. The number of carbonyl (C=O) groups excluding carboxylic acids is 1. The highest BCUT2D eigenvalue weighted by Gasteiger charge is 2.21. The molecule has 0 aromatic carbocycles. The molecule has 18 heavy (non-hydrogen) atoms. The monoisotopic (exact) mass is 252 g/mol. The maximum absolute atomic E-state index is 11.9. The number of anilines is 1. The summed E-state index contributed by atoms with van der Waals surface area (Å²) in [4.78, 5) is 26.0. The molecule has 2 N–H and O–H groups in total. The van der Waals surface area contributed by atoms with Crippen LogP contribution in [0, 0.1) is 10.1 Å². The summed E-state index contributed by atoms with van der Waals surface area (Å²) in [6.07, 6.45) is 1.09. The van der Waals surface area contributed by atoms with Crippen molar-refractivity contribution in [3.8, 4) is 0 Å². The number of nitrogens with zero attached hydrogens (tertiary/aromatic N) is 2. The molecule has 1 heterocycles. The highest BCUT2D eigenvalue weighted by Crippen LogP contribution is 2.20. The average Bonchev–Trinajstić information content (AvgIpc) is 2.28. The molecule has 0 saturated heterocycles. The van der Waals surface area contributed by atoms with Crippen LogP contribution in [-0.4, -0.2) is 28.4 Å². The second-order valence-corrected chi connectivity index (χ2v) is 4.00. The Labute approximate surface area is 105 Å². The standard InChI is InChI=1S/C11H16N4O3/c1-4-12-10-5-8(11(16)14-7(2)3)9(6-13-10)15(17)18/h5-7H,4H2,1-3H3,(H,12,13)(H,14,16). The molecule has 0 radical (unpaired) electrons. The molecule has 0 fully saturated rings. The lowest BCUT2D eigenvalue weighted by Crippen LogP contribution is -2.30. The van der Waals surface area contributed by atoms with Gasteiger partial charge in [0.2, 0.25) is 0 Å². The van der Waals surface area contributed by atoms with E-state index in [1.165, 1.54) is 6.07 Å². The van der Waals surface area contributed by atoms with Crippen LogP contribution in [0.2, 0.25) is 0 Å². The van der Waals surface area contributed by atoms with Crippen LogP contribution in [0.1, 0.15) is 31.1 Å². The molecule has 0 aliphatic heterocycles. The molecule has 1 aromatic rings. The van der Waals surface area contributed by atoms with Gasteiger partial charge in [-0.1, -0.05) is 0 Å². The zero-order valence-corrected chi connectivity index (χ0v) is 10.6. The Balaban J connectivity index is 3.14. The quantitative estimate of drug-likeness (QED) is 0.612. The van der Waals surface area contributed by atoms with Crippen LogP contribution in [0.4, 0.5) is 11.5 Å². The maximum atomic E-state index is 11.9. The molecule has 0 unspecified atom stereocenters. The molecular formula is C11H16N4O3. The van der Waals surface area contributed by atoms with E-state index in [-0.39, 0.29) is 17.3 Å². The number of amides is 1. The van der Waals surface area contributed by atoms with E-state index >= 15 is 0 Å². The van der Waals surface area contributed by atoms with E-state index in [0.717, 1.165) is 6.20 Å². The number of carbonyl (C=O) groups is 1. The second kappa shape index (κ2) is 5.95. The summed E-state index contributed by atoms with van der Waals surface area (Å²) in [6.45, 7) is 6.07. The van der Waals surface area contributed by atoms with Gasteiger partial charge in [-0.15, -0.1) is 0 Å². The van der Waals surface area contributed by atoms with Crippen molar-refractivity contribution in [3.63, 3.8) is 0 Å². The van der Waals surface area contributed by atoms with Crippen LogP contribution in [0.5, 0.6) is 0 Å². The molecule has 0 atom stereocenters. The molecule has 0 bridgehead atoms. The van der Waals surface area contributed by atoms with E-state index in [1.807, 2.05) is 6.92 Å². The molecule has 1 rings (SSSR count). The molecule has 0 spiro atoms.